The third-order valence-electron chi connectivity index (χ3n) is 8.54. The molecular formula is C28H36F2N8O5S. The van der Waals surface area contributed by atoms with Gasteiger partial charge in [-0.1, -0.05) is 5.21 Å². The van der Waals surface area contributed by atoms with Crippen LogP contribution in [-0.2, 0) is 10.0 Å². The fourth-order valence-electron chi connectivity index (χ4n) is 5.73. The van der Waals surface area contributed by atoms with Crippen molar-refractivity contribution in [3.8, 4) is 23.0 Å². The van der Waals surface area contributed by atoms with Crippen LogP contribution in [0.15, 0.2) is 30.5 Å². The molecule has 13 nitrogen and oxygen atoms in total. The molecule has 0 bridgehead atoms. The number of aromatic nitrogens is 5. The summed E-state index contributed by atoms with van der Waals surface area (Å²) >= 11 is 0. The van der Waals surface area contributed by atoms with E-state index in [1.54, 1.807) is 40.0 Å². The number of rotatable bonds is 11. The summed E-state index contributed by atoms with van der Waals surface area (Å²) in [7, 11) is -3.72. The first-order chi connectivity index (χ1) is 21.1. The van der Waals surface area contributed by atoms with Gasteiger partial charge in [0.25, 0.3) is 5.92 Å². The number of aliphatic hydroxyl groups excluding tert-OH is 2. The highest BCUT2D eigenvalue weighted by molar-refractivity contribution is 7.92. The number of piperidine rings is 2. The number of ether oxygens (including phenoxy) is 1. The van der Waals surface area contributed by atoms with Crippen molar-refractivity contribution in [2.45, 2.75) is 44.4 Å². The SMILES string of the molecule is O=S(=O)(CCO)Nc1ccc(-n2cc(-c3cc(OCCO)nc(N4CCC(F)(F)CC4)n3)nn2)c(N2CCC3(CC2)CC3)c1. The molecule has 44 heavy (non-hydrogen) atoms. The van der Waals surface area contributed by atoms with E-state index >= 15 is 0 Å². The predicted molar refractivity (Wildman–Crippen MR) is 159 cm³/mol. The lowest BCUT2D eigenvalue weighted by Gasteiger charge is -2.35. The molecular weight excluding hydrogens is 598 g/mol. The molecule has 1 aromatic carbocycles. The Hall–Kier alpha value is -3.63. The van der Waals surface area contributed by atoms with Gasteiger partial charge < -0.3 is 24.7 Å². The molecule has 3 aliphatic rings. The summed E-state index contributed by atoms with van der Waals surface area (Å²) in [5.74, 6) is -2.74. The maximum Gasteiger partial charge on any atom is 0.251 e. The van der Waals surface area contributed by atoms with Crippen molar-refractivity contribution in [1.82, 2.24) is 25.0 Å². The van der Waals surface area contributed by atoms with Crippen molar-refractivity contribution in [3.05, 3.63) is 30.5 Å². The minimum Gasteiger partial charge on any atom is -0.475 e. The van der Waals surface area contributed by atoms with Gasteiger partial charge in [0.2, 0.25) is 21.9 Å². The van der Waals surface area contributed by atoms with Gasteiger partial charge in [0.05, 0.1) is 42.2 Å². The molecule has 2 saturated heterocycles. The van der Waals surface area contributed by atoms with Gasteiger partial charge in [0, 0.05) is 45.1 Å². The highest BCUT2D eigenvalue weighted by Gasteiger charge is 2.44. The van der Waals surface area contributed by atoms with Gasteiger partial charge in [0.1, 0.15) is 18.0 Å². The second-order valence-electron chi connectivity index (χ2n) is 11.7. The molecule has 3 N–H and O–H groups in total. The fourth-order valence-corrected chi connectivity index (χ4v) is 6.55. The first kappa shape index (κ1) is 30.4. The summed E-state index contributed by atoms with van der Waals surface area (Å²) in [6.45, 7) is 1.07. The molecule has 2 aromatic heterocycles. The number of hydrogen-bond acceptors (Lipinski definition) is 11. The number of hydrogen-bond donors (Lipinski definition) is 3. The Morgan fingerprint density at radius 2 is 1.61 bits per heavy atom. The smallest absolute Gasteiger partial charge is 0.251 e. The maximum atomic E-state index is 13.8. The van der Waals surface area contributed by atoms with Gasteiger partial charge in [-0.05, 0) is 49.3 Å². The minimum atomic E-state index is -3.72. The second-order valence-corrected chi connectivity index (χ2v) is 13.5. The molecule has 238 valence electrons. The van der Waals surface area contributed by atoms with Crippen LogP contribution in [0.2, 0.25) is 0 Å². The van der Waals surface area contributed by atoms with Crippen LogP contribution in [0, 0.1) is 5.41 Å². The quantitative estimate of drug-likeness (QED) is 0.284. The molecule has 3 fully saturated rings. The zero-order valence-corrected chi connectivity index (χ0v) is 25.0. The number of sulfonamides is 1. The van der Waals surface area contributed by atoms with Crippen molar-refractivity contribution >= 4 is 27.3 Å². The zero-order chi connectivity index (χ0) is 31.0. The van der Waals surface area contributed by atoms with E-state index in [2.05, 4.69) is 29.9 Å². The molecule has 1 aliphatic carbocycles. The average Bonchev–Trinajstić information content (AvgIpc) is 3.55. The van der Waals surface area contributed by atoms with Crippen LogP contribution in [0.4, 0.5) is 26.1 Å². The first-order valence-electron chi connectivity index (χ1n) is 14.8. The summed E-state index contributed by atoms with van der Waals surface area (Å²) in [6, 6.07) is 6.73. The zero-order valence-electron chi connectivity index (χ0n) is 24.2. The Labute approximate surface area is 253 Å². The van der Waals surface area contributed by atoms with E-state index in [1.165, 1.54) is 12.8 Å². The molecule has 4 heterocycles. The number of alkyl halides is 2. The van der Waals surface area contributed by atoms with Gasteiger partial charge >= 0.3 is 0 Å². The first-order valence-corrected chi connectivity index (χ1v) is 16.4. The molecule has 16 heteroatoms. The van der Waals surface area contributed by atoms with Crippen LogP contribution in [0.1, 0.15) is 38.5 Å². The number of benzene rings is 1. The number of halogens is 2. The molecule has 1 spiro atoms. The van der Waals surface area contributed by atoms with Crippen molar-refractivity contribution in [1.29, 1.82) is 0 Å². The monoisotopic (exact) mass is 634 g/mol. The largest absolute Gasteiger partial charge is 0.475 e. The molecule has 6 rings (SSSR count). The lowest BCUT2D eigenvalue weighted by Crippen LogP contribution is -2.40. The average molecular weight is 635 g/mol. The van der Waals surface area contributed by atoms with E-state index in [4.69, 9.17) is 9.84 Å². The van der Waals surface area contributed by atoms with Crippen LogP contribution < -0.4 is 19.3 Å². The van der Waals surface area contributed by atoms with E-state index in [1.807, 2.05) is 0 Å². The highest BCUT2D eigenvalue weighted by atomic mass is 32.2. The van der Waals surface area contributed by atoms with E-state index < -0.39 is 28.3 Å². The summed E-state index contributed by atoms with van der Waals surface area (Å²) < 4.78 is 62.1. The van der Waals surface area contributed by atoms with Crippen LogP contribution in [-0.4, -0.2) is 101 Å². The Morgan fingerprint density at radius 3 is 2.30 bits per heavy atom. The third-order valence-corrected chi connectivity index (χ3v) is 9.81. The van der Waals surface area contributed by atoms with Gasteiger partial charge in [-0.3, -0.25) is 4.72 Å². The summed E-state index contributed by atoms with van der Waals surface area (Å²) in [5, 5.41) is 27.1. The predicted octanol–water partition coefficient (Wildman–Crippen LogP) is 2.45. The van der Waals surface area contributed by atoms with Crippen molar-refractivity contribution in [3.63, 3.8) is 0 Å². The Morgan fingerprint density at radius 1 is 0.886 bits per heavy atom. The molecule has 2 aliphatic heterocycles. The van der Waals surface area contributed by atoms with Crippen LogP contribution in [0.25, 0.3) is 17.1 Å². The van der Waals surface area contributed by atoms with E-state index in [9.17, 15) is 22.3 Å². The Balaban J connectivity index is 1.32. The van der Waals surface area contributed by atoms with Crippen molar-refractivity contribution in [2.24, 2.45) is 5.41 Å². The molecule has 0 amide bonds. The van der Waals surface area contributed by atoms with Crippen molar-refractivity contribution in [2.75, 3.05) is 66.3 Å². The number of anilines is 3. The van der Waals surface area contributed by atoms with E-state index in [0.29, 0.717) is 28.2 Å². The molecule has 3 aromatic rings. The summed E-state index contributed by atoms with van der Waals surface area (Å²) in [6.07, 6.45) is 5.66. The lowest BCUT2D eigenvalue weighted by molar-refractivity contribution is -0.0222. The van der Waals surface area contributed by atoms with E-state index in [-0.39, 0.29) is 51.0 Å². The second kappa shape index (κ2) is 12.0. The van der Waals surface area contributed by atoms with Crippen LogP contribution in [0.3, 0.4) is 0 Å². The van der Waals surface area contributed by atoms with Crippen molar-refractivity contribution < 1.29 is 32.1 Å². The summed E-state index contributed by atoms with van der Waals surface area (Å²) in [4.78, 5) is 12.9. The van der Waals surface area contributed by atoms with Crippen LogP contribution in [0.5, 0.6) is 5.88 Å². The van der Waals surface area contributed by atoms with E-state index in [0.717, 1.165) is 31.6 Å². The Kier molecular flexibility index (Phi) is 8.32. The topological polar surface area (TPSA) is 159 Å². The normalized spacial score (nSPS) is 19.3. The summed E-state index contributed by atoms with van der Waals surface area (Å²) in [5.41, 5.74) is 3.04. The minimum absolute atomic E-state index is 0.00442. The third kappa shape index (κ3) is 6.86. The fraction of sp³-hybridized carbons (Fsp3) is 0.571. The van der Waals surface area contributed by atoms with Crippen LogP contribution >= 0.6 is 0 Å². The molecule has 0 unspecified atom stereocenters. The number of nitrogens with one attached hydrogen (secondary N) is 1. The Bertz CT molecular complexity index is 1580. The standard InChI is InChI=1S/C28H36F2N8O5S/c29-28(30)7-11-37(12-8-28)26-31-21(18-25(32-26)43-15-13-39)22-19-38(35-33-22)23-2-1-20(34-44(41,42)16-14-40)17-24(23)36-9-5-27(3-4-27)6-10-36/h1-2,17-19,34,39-40H,3-16H2. The number of nitrogens with zero attached hydrogens (tertiary/aromatic N) is 7. The maximum absolute atomic E-state index is 13.8. The van der Waals surface area contributed by atoms with Gasteiger partial charge in [-0.25, -0.2) is 26.9 Å². The lowest BCUT2D eigenvalue weighted by atomic mass is 9.93. The molecule has 0 atom stereocenters. The number of aliphatic hydroxyl groups is 2. The van der Waals surface area contributed by atoms with Gasteiger partial charge in [-0.2, -0.15) is 4.98 Å². The van der Waals surface area contributed by atoms with Gasteiger partial charge in [0.15, 0.2) is 0 Å². The molecule has 1 saturated carbocycles. The highest BCUT2D eigenvalue weighted by Crippen LogP contribution is 2.54. The van der Waals surface area contributed by atoms with Gasteiger partial charge in [-0.15, -0.1) is 5.10 Å². The molecule has 0 radical (unpaired) electrons.